The van der Waals surface area contributed by atoms with Gasteiger partial charge in [0.2, 0.25) is 11.7 Å². The van der Waals surface area contributed by atoms with Gasteiger partial charge >= 0.3 is 0 Å². The van der Waals surface area contributed by atoms with Crippen molar-refractivity contribution in [3.05, 3.63) is 46.6 Å². The molecular formula is C13H10ClN3OS2. The van der Waals surface area contributed by atoms with Crippen LogP contribution in [-0.2, 0) is 5.75 Å². The molecule has 0 bridgehead atoms. The van der Waals surface area contributed by atoms with Crippen LogP contribution in [0.4, 0.5) is 5.69 Å². The summed E-state index contributed by atoms with van der Waals surface area (Å²) >= 11 is 8.99. The van der Waals surface area contributed by atoms with E-state index in [-0.39, 0.29) is 0 Å². The minimum Gasteiger partial charge on any atom is -0.398 e. The summed E-state index contributed by atoms with van der Waals surface area (Å²) in [5.41, 5.74) is 6.55. The average Bonchev–Trinajstić information content (AvgIpc) is 3.08. The van der Waals surface area contributed by atoms with Gasteiger partial charge in [-0.2, -0.15) is 4.98 Å². The van der Waals surface area contributed by atoms with Crippen molar-refractivity contribution >= 4 is 40.4 Å². The van der Waals surface area contributed by atoms with Gasteiger partial charge in [0.15, 0.2) is 0 Å². The van der Waals surface area contributed by atoms with Gasteiger partial charge in [-0.05, 0) is 29.6 Å². The van der Waals surface area contributed by atoms with Crippen molar-refractivity contribution in [2.75, 3.05) is 5.73 Å². The first-order chi connectivity index (χ1) is 9.72. The average molecular weight is 324 g/mol. The predicted molar refractivity (Wildman–Crippen MR) is 83.0 cm³/mol. The molecule has 102 valence electrons. The summed E-state index contributed by atoms with van der Waals surface area (Å²) in [7, 11) is 0. The molecule has 0 amide bonds. The third-order valence-electron chi connectivity index (χ3n) is 2.53. The van der Waals surface area contributed by atoms with Crippen LogP contribution >= 0.6 is 34.7 Å². The number of halogens is 1. The molecule has 0 fully saturated rings. The molecule has 0 saturated carbocycles. The quantitative estimate of drug-likeness (QED) is 0.572. The Morgan fingerprint density at radius 3 is 3.00 bits per heavy atom. The number of nitrogens with zero attached hydrogens (tertiary/aromatic N) is 2. The highest BCUT2D eigenvalue weighted by Gasteiger charge is 2.10. The number of aromatic nitrogens is 2. The van der Waals surface area contributed by atoms with Crippen molar-refractivity contribution in [2.24, 2.45) is 0 Å². The standard InChI is InChI=1S/C13H10ClN3OS2/c14-8-3-4-10(9(15)6-8)20-7-12-16-13(17-18-12)11-2-1-5-19-11/h1-6H,7,15H2. The zero-order valence-corrected chi connectivity index (χ0v) is 12.6. The maximum atomic E-state index is 5.90. The van der Waals surface area contributed by atoms with Gasteiger partial charge in [0, 0.05) is 15.6 Å². The van der Waals surface area contributed by atoms with Gasteiger partial charge in [-0.25, -0.2) is 0 Å². The van der Waals surface area contributed by atoms with Crippen LogP contribution in [0.1, 0.15) is 5.89 Å². The van der Waals surface area contributed by atoms with Crippen molar-refractivity contribution in [2.45, 2.75) is 10.6 Å². The molecule has 4 nitrogen and oxygen atoms in total. The molecule has 0 aliphatic rings. The van der Waals surface area contributed by atoms with Crippen molar-refractivity contribution in [3.8, 4) is 10.7 Å². The van der Waals surface area contributed by atoms with E-state index < -0.39 is 0 Å². The van der Waals surface area contributed by atoms with E-state index in [4.69, 9.17) is 21.9 Å². The summed E-state index contributed by atoms with van der Waals surface area (Å²) in [5, 5.41) is 6.58. The highest BCUT2D eigenvalue weighted by molar-refractivity contribution is 7.98. The monoisotopic (exact) mass is 323 g/mol. The van der Waals surface area contributed by atoms with Crippen LogP contribution in [0.2, 0.25) is 5.02 Å². The first kappa shape index (κ1) is 13.5. The summed E-state index contributed by atoms with van der Waals surface area (Å²) in [6.07, 6.45) is 0. The molecule has 2 heterocycles. The Balaban J connectivity index is 1.70. The second-order valence-electron chi connectivity index (χ2n) is 3.96. The smallest absolute Gasteiger partial charge is 0.237 e. The largest absolute Gasteiger partial charge is 0.398 e. The molecule has 3 aromatic rings. The van der Waals surface area contributed by atoms with E-state index >= 15 is 0 Å². The number of hydrogen-bond acceptors (Lipinski definition) is 6. The first-order valence-corrected chi connectivity index (χ1v) is 8.01. The van der Waals surface area contributed by atoms with Gasteiger partial charge in [-0.3, -0.25) is 0 Å². The highest BCUT2D eigenvalue weighted by atomic mass is 35.5. The maximum Gasteiger partial charge on any atom is 0.237 e. The zero-order valence-electron chi connectivity index (χ0n) is 10.2. The molecule has 1 aromatic carbocycles. The summed E-state index contributed by atoms with van der Waals surface area (Å²) in [4.78, 5) is 6.31. The Labute approximate surface area is 129 Å². The van der Waals surface area contributed by atoms with Gasteiger partial charge < -0.3 is 10.3 Å². The van der Waals surface area contributed by atoms with E-state index in [9.17, 15) is 0 Å². The molecule has 0 aliphatic heterocycles. The molecule has 0 saturated heterocycles. The SMILES string of the molecule is Nc1cc(Cl)ccc1SCc1nc(-c2cccs2)no1. The molecule has 2 N–H and O–H groups in total. The van der Waals surface area contributed by atoms with Gasteiger partial charge in [0.1, 0.15) is 0 Å². The Kier molecular flexibility index (Phi) is 3.95. The van der Waals surface area contributed by atoms with Crippen LogP contribution in [-0.4, -0.2) is 10.1 Å². The number of nitrogen functional groups attached to an aromatic ring is 1. The van der Waals surface area contributed by atoms with Crippen LogP contribution in [0.15, 0.2) is 45.1 Å². The van der Waals surface area contributed by atoms with E-state index in [1.807, 2.05) is 29.6 Å². The number of thioether (sulfide) groups is 1. The van der Waals surface area contributed by atoms with E-state index in [0.717, 1.165) is 9.77 Å². The van der Waals surface area contributed by atoms with Crippen LogP contribution < -0.4 is 5.73 Å². The number of rotatable bonds is 4. The molecule has 20 heavy (non-hydrogen) atoms. The molecule has 7 heteroatoms. The number of thiophene rings is 1. The Morgan fingerprint density at radius 2 is 2.25 bits per heavy atom. The van der Waals surface area contributed by atoms with E-state index in [0.29, 0.717) is 28.2 Å². The van der Waals surface area contributed by atoms with Crippen molar-refractivity contribution in [1.29, 1.82) is 0 Å². The van der Waals surface area contributed by atoms with Crippen LogP contribution in [0.3, 0.4) is 0 Å². The third-order valence-corrected chi connectivity index (χ3v) is 4.71. The van der Waals surface area contributed by atoms with Crippen LogP contribution in [0.5, 0.6) is 0 Å². The number of hydrogen-bond donors (Lipinski definition) is 1. The van der Waals surface area contributed by atoms with Crippen molar-refractivity contribution < 1.29 is 4.52 Å². The lowest BCUT2D eigenvalue weighted by Gasteiger charge is -2.03. The van der Waals surface area contributed by atoms with Gasteiger partial charge in [0.05, 0.1) is 10.6 Å². The summed E-state index contributed by atoms with van der Waals surface area (Å²) in [6, 6.07) is 9.35. The van der Waals surface area contributed by atoms with Crippen molar-refractivity contribution in [1.82, 2.24) is 10.1 Å². The summed E-state index contributed by atoms with van der Waals surface area (Å²) in [5.74, 6) is 1.77. The summed E-state index contributed by atoms with van der Waals surface area (Å²) < 4.78 is 5.23. The minimum atomic E-state index is 0.574. The van der Waals surface area contributed by atoms with Crippen molar-refractivity contribution in [3.63, 3.8) is 0 Å². The fourth-order valence-electron chi connectivity index (χ4n) is 1.61. The molecular weight excluding hydrogens is 314 g/mol. The van der Waals surface area contributed by atoms with E-state index in [2.05, 4.69) is 10.1 Å². The lowest BCUT2D eigenvalue weighted by Crippen LogP contribution is -1.89. The van der Waals surface area contributed by atoms with Crippen LogP contribution in [0, 0.1) is 0 Å². The van der Waals surface area contributed by atoms with Crippen LogP contribution in [0.25, 0.3) is 10.7 Å². The minimum absolute atomic E-state index is 0.574. The third kappa shape index (κ3) is 2.98. The Morgan fingerprint density at radius 1 is 1.35 bits per heavy atom. The topological polar surface area (TPSA) is 64.9 Å². The van der Waals surface area contributed by atoms with Gasteiger partial charge in [-0.1, -0.05) is 22.8 Å². The second-order valence-corrected chi connectivity index (χ2v) is 6.36. The fourth-order valence-corrected chi connectivity index (χ4v) is 3.23. The second kappa shape index (κ2) is 5.87. The molecule has 0 spiro atoms. The maximum absolute atomic E-state index is 5.90. The van der Waals surface area contributed by atoms with E-state index in [1.165, 1.54) is 0 Å². The van der Waals surface area contributed by atoms with E-state index in [1.54, 1.807) is 29.2 Å². The number of benzene rings is 1. The molecule has 0 unspecified atom stereocenters. The Bertz CT molecular complexity index is 712. The molecule has 0 radical (unpaired) electrons. The molecule has 0 aliphatic carbocycles. The fraction of sp³-hybridized carbons (Fsp3) is 0.0769. The highest BCUT2D eigenvalue weighted by Crippen LogP contribution is 2.30. The zero-order chi connectivity index (χ0) is 13.9. The lowest BCUT2D eigenvalue weighted by atomic mass is 10.3. The lowest BCUT2D eigenvalue weighted by molar-refractivity contribution is 0.392. The first-order valence-electron chi connectivity index (χ1n) is 5.76. The predicted octanol–water partition coefficient (Wildman–Crippen LogP) is 4.33. The molecule has 0 atom stereocenters. The van der Waals surface area contributed by atoms with Gasteiger partial charge in [-0.15, -0.1) is 23.1 Å². The number of nitrogens with two attached hydrogens (primary N) is 1. The Hall–Kier alpha value is -1.50. The van der Waals surface area contributed by atoms with Gasteiger partial charge in [0.25, 0.3) is 0 Å². The molecule has 2 aromatic heterocycles. The molecule has 3 rings (SSSR count). The number of anilines is 1. The summed E-state index contributed by atoms with van der Waals surface area (Å²) in [6.45, 7) is 0. The normalized spacial score (nSPS) is 10.8.